The molecular formula is C29H28N2O3S. The molecule has 1 heterocycles. The van der Waals surface area contributed by atoms with Crippen LogP contribution in [0.3, 0.4) is 0 Å². The summed E-state index contributed by atoms with van der Waals surface area (Å²) in [6.07, 6.45) is 6.11. The Bertz CT molecular complexity index is 1330. The molecule has 5 nitrogen and oxygen atoms in total. The Balaban J connectivity index is 1.37. The maximum Gasteiger partial charge on any atom is 0.281 e. The van der Waals surface area contributed by atoms with Gasteiger partial charge in [0.15, 0.2) is 5.11 Å². The molecule has 0 unspecified atom stereocenters. The molecule has 1 aliphatic carbocycles. The maximum absolute atomic E-state index is 13.3. The molecule has 1 fully saturated rings. The van der Waals surface area contributed by atoms with E-state index in [-0.39, 0.29) is 5.91 Å². The van der Waals surface area contributed by atoms with E-state index in [0.29, 0.717) is 17.4 Å². The first-order valence-corrected chi connectivity index (χ1v) is 12.3. The second-order valence-corrected chi connectivity index (χ2v) is 9.14. The lowest BCUT2D eigenvalue weighted by Crippen LogP contribution is -2.31. The SMILES string of the molecule is CCc1ccccc1N1C(=O)/C(=C\c2ccc(OC)c(COc3ccc4c(c3)CCC4)c2)NC1=S. The summed E-state index contributed by atoms with van der Waals surface area (Å²) in [6, 6.07) is 20.0. The smallest absolute Gasteiger partial charge is 0.281 e. The second kappa shape index (κ2) is 9.92. The van der Waals surface area contributed by atoms with Gasteiger partial charge in [-0.25, -0.2) is 0 Å². The zero-order chi connectivity index (χ0) is 24.4. The minimum absolute atomic E-state index is 0.164. The number of anilines is 1. The molecule has 3 aromatic carbocycles. The number of benzene rings is 3. The summed E-state index contributed by atoms with van der Waals surface area (Å²) in [6.45, 7) is 2.44. The van der Waals surface area contributed by atoms with Crippen LogP contribution in [0.2, 0.25) is 0 Å². The third-order valence-corrected chi connectivity index (χ3v) is 6.86. The number of amides is 1. The lowest BCUT2D eigenvalue weighted by molar-refractivity contribution is -0.113. The number of nitrogens with one attached hydrogen (secondary N) is 1. The topological polar surface area (TPSA) is 50.8 Å². The van der Waals surface area contributed by atoms with Gasteiger partial charge in [0.25, 0.3) is 5.91 Å². The van der Waals surface area contributed by atoms with E-state index in [1.54, 1.807) is 12.0 Å². The van der Waals surface area contributed by atoms with Gasteiger partial charge in [0, 0.05) is 5.56 Å². The minimum atomic E-state index is -0.164. The van der Waals surface area contributed by atoms with E-state index < -0.39 is 0 Å². The van der Waals surface area contributed by atoms with Crippen LogP contribution < -0.4 is 19.7 Å². The van der Waals surface area contributed by atoms with Gasteiger partial charge >= 0.3 is 0 Å². The number of aryl methyl sites for hydroxylation is 3. The van der Waals surface area contributed by atoms with Crippen LogP contribution in [0, 0.1) is 0 Å². The van der Waals surface area contributed by atoms with Crippen molar-refractivity contribution in [1.82, 2.24) is 5.32 Å². The molecule has 1 amide bonds. The fourth-order valence-electron chi connectivity index (χ4n) is 4.75. The van der Waals surface area contributed by atoms with Crippen molar-refractivity contribution in [2.75, 3.05) is 12.0 Å². The van der Waals surface area contributed by atoms with Gasteiger partial charge in [0.05, 0.1) is 12.8 Å². The maximum atomic E-state index is 13.3. The molecule has 3 aromatic rings. The van der Waals surface area contributed by atoms with Gasteiger partial charge in [-0.3, -0.25) is 9.69 Å². The number of hydrogen-bond donors (Lipinski definition) is 1. The summed E-state index contributed by atoms with van der Waals surface area (Å²) in [4.78, 5) is 14.8. The number of para-hydroxylation sites is 1. The van der Waals surface area contributed by atoms with Crippen LogP contribution in [0.1, 0.15) is 41.2 Å². The first-order chi connectivity index (χ1) is 17.1. The largest absolute Gasteiger partial charge is 0.496 e. The number of fused-ring (bicyclic) bond motifs is 1. The van der Waals surface area contributed by atoms with E-state index in [4.69, 9.17) is 21.7 Å². The fourth-order valence-corrected chi connectivity index (χ4v) is 5.04. The summed E-state index contributed by atoms with van der Waals surface area (Å²) < 4.78 is 11.7. The van der Waals surface area contributed by atoms with Crippen LogP contribution in [-0.2, 0) is 30.7 Å². The predicted octanol–water partition coefficient (Wildman–Crippen LogP) is 5.59. The van der Waals surface area contributed by atoms with Crippen LogP contribution >= 0.6 is 12.2 Å². The van der Waals surface area contributed by atoms with Crippen molar-refractivity contribution < 1.29 is 14.3 Å². The average molecular weight is 485 g/mol. The molecule has 0 atom stereocenters. The van der Waals surface area contributed by atoms with E-state index in [2.05, 4.69) is 24.4 Å². The van der Waals surface area contributed by atoms with Gasteiger partial charge in [-0.1, -0.05) is 37.3 Å². The molecule has 0 spiro atoms. The lowest BCUT2D eigenvalue weighted by Gasteiger charge is -2.17. The highest BCUT2D eigenvalue weighted by atomic mass is 32.1. The number of carbonyl (C=O) groups excluding carboxylic acids is 1. The molecule has 6 heteroatoms. The highest BCUT2D eigenvalue weighted by Gasteiger charge is 2.33. The zero-order valence-corrected chi connectivity index (χ0v) is 20.8. The molecule has 1 saturated heterocycles. The third-order valence-electron chi connectivity index (χ3n) is 6.57. The highest BCUT2D eigenvalue weighted by Crippen LogP contribution is 2.29. The van der Waals surface area contributed by atoms with Gasteiger partial charge < -0.3 is 14.8 Å². The molecule has 0 saturated carbocycles. The van der Waals surface area contributed by atoms with Gasteiger partial charge in [0.1, 0.15) is 23.8 Å². The monoisotopic (exact) mass is 484 g/mol. The second-order valence-electron chi connectivity index (χ2n) is 8.76. The van der Waals surface area contributed by atoms with E-state index in [1.807, 2.05) is 54.6 Å². The predicted molar refractivity (Wildman–Crippen MR) is 143 cm³/mol. The standard InChI is InChI=1S/C29H28N2O3S/c1-3-20-7-4-5-10-26(20)31-28(32)25(30-29(31)35)16-19-11-14-27(33-2)23(15-19)18-34-24-13-12-21-8-6-9-22(21)17-24/h4-5,7,10-17H,3,6,8-9,18H2,1-2H3,(H,30,35)/b25-16+. The normalized spacial score (nSPS) is 15.9. The van der Waals surface area contributed by atoms with Crippen molar-refractivity contribution >= 4 is 35.0 Å². The van der Waals surface area contributed by atoms with Crippen molar-refractivity contribution in [1.29, 1.82) is 0 Å². The number of thiocarbonyl (C=S) groups is 1. The van der Waals surface area contributed by atoms with Gasteiger partial charge in [-0.15, -0.1) is 0 Å². The first kappa shape index (κ1) is 23.1. The number of nitrogens with zero attached hydrogens (tertiary/aromatic N) is 1. The van der Waals surface area contributed by atoms with Crippen molar-refractivity contribution in [3.63, 3.8) is 0 Å². The number of rotatable bonds is 7. The summed E-state index contributed by atoms with van der Waals surface area (Å²) in [5.41, 5.74) is 6.90. The van der Waals surface area contributed by atoms with Gasteiger partial charge in [-0.05, 0) is 96.6 Å². The summed E-state index contributed by atoms with van der Waals surface area (Å²) in [7, 11) is 1.65. The molecule has 178 valence electrons. The van der Waals surface area contributed by atoms with E-state index >= 15 is 0 Å². The Morgan fingerprint density at radius 3 is 2.69 bits per heavy atom. The number of ether oxygens (including phenoxy) is 2. The molecule has 35 heavy (non-hydrogen) atoms. The lowest BCUT2D eigenvalue weighted by atomic mass is 10.1. The van der Waals surface area contributed by atoms with E-state index in [9.17, 15) is 4.79 Å². The van der Waals surface area contributed by atoms with Crippen LogP contribution in [0.5, 0.6) is 11.5 Å². The Morgan fingerprint density at radius 1 is 1.03 bits per heavy atom. The van der Waals surface area contributed by atoms with Crippen molar-refractivity contribution in [3.05, 3.63) is 94.2 Å². The summed E-state index contributed by atoms with van der Waals surface area (Å²) in [5.74, 6) is 1.44. The van der Waals surface area contributed by atoms with Crippen LogP contribution in [0.25, 0.3) is 6.08 Å². The van der Waals surface area contributed by atoms with Crippen molar-refractivity contribution in [2.24, 2.45) is 0 Å². The molecule has 5 rings (SSSR count). The van der Waals surface area contributed by atoms with Gasteiger partial charge in [0.2, 0.25) is 0 Å². The average Bonchev–Trinajstić information content (AvgIpc) is 3.46. The minimum Gasteiger partial charge on any atom is -0.496 e. The zero-order valence-electron chi connectivity index (χ0n) is 20.0. The van der Waals surface area contributed by atoms with Crippen molar-refractivity contribution in [2.45, 2.75) is 39.2 Å². The molecule has 0 aromatic heterocycles. The third kappa shape index (κ3) is 4.66. The quantitative estimate of drug-likeness (QED) is 0.350. The summed E-state index contributed by atoms with van der Waals surface area (Å²) in [5, 5.41) is 3.47. The molecular weight excluding hydrogens is 456 g/mol. The molecule has 0 bridgehead atoms. The van der Waals surface area contributed by atoms with Crippen LogP contribution in [0.15, 0.2) is 66.4 Å². The molecule has 2 aliphatic rings. The molecule has 0 radical (unpaired) electrons. The van der Waals surface area contributed by atoms with E-state index in [0.717, 1.165) is 53.1 Å². The summed E-state index contributed by atoms with van der Waals surface area (Å²) >= 11 is 5.51. The van der Waals surface area contributed by atoms with Crippen LogP contribution in [0.4, 0.5) is 5.69 Å². The van der Waals surface area contributed by atoms with Crippen LogP contribution in [-0.4, -0.2) is 18.1 Å². The van der Waals surface area contributed by atoms with E-state index in [1.165, 1.54) is 17.5 Å². The molecule has 1 N–H and O–H groups in total. The number of methoxy groups -OCH3 is 1. The molecule has 1 aliphatic heterocycles. The Labute approximate surface area is 211 Å². The Hall–Kier alpha value is -3.64. The number of hydrogen-bond acceptors (Lipinski definition) is 4. The first-order valence-electron chi connectivity index (χ1n) is 11.9. The van der Waals surface area contributed by atoms with Gasteiger partial charge in [-0.2, -0.15) is 0 Å². The van der Waals surface area contributed by atoms with Crippen molar-refractivity contribution in [3.8, 4) is 11.5 Å². The number of carbonyl (C=O) groups is 1. The Kier molecular flexibility index (Phi) is 6.55. The fraction of sp³-hybridized carbons (Fsp3) is 0.241. The highest BCUT2D eigenvalue weighted by molar-refractivity contribution is 7.80. The Morgan fingerprint density at radius 2 is 1.86 bits per heavy atom.